The third-order valence-electron chi connectivity index (χ3n) is 3.53. The molecule has 1 aliphatic heterocycles. The molecule has 0 spiro atoms. The van der Waals surface area contributed by atoms with Crippen LogP contribution < -0.4 is 14.8 Å². The first-order valence-corrected chi connectivity index (χ1v) is 8.48. The number of carbonyl (C=O) groups is 1. The van der Waals surface area contributed by atoms with Crippen molar-refractivity contribution < 1.29 is 22.7 Å². The van der Waals surface area contributed by atoms with Crippen molar-refractivity contribution in [2.24, 2.45) is 5.92 Å². The first-order valence-electron chi connectivity index (χ1n) is 6.66. The molecule has 1 aromatic carbocycles. The Morgan fingerprint density at radius 3 is 2.67 bits per heavy atom. The van der Waals surface area contributed by atoms with Crippen molar-refractivity contribution >= 4 is 15.7 Å². The molecule has 0 bridgehead atoms. The van der Waals surface area contributed by atoms with Crippen LogP contribution in [0.25, 0.3) is 0 Å². The highest BCUT2D eigenvalue weighted by atomic mass is 32.2. The lowest BCUT2D eigenvalue weighted by molar-refractivity contribution is 0.0945. The summed E-state index contributed by atoms with van der Waals surface area (Å²) in [7, 11) is 0.0957. The number of benzene rings is 1. The summed E-state index contributed by atoms with van der Waals surface area (Å²) in [5.41, 5.74) is 0.402. The Labute approximate surface area is 124 Å². The van der Waals surface area contributed by atoms with Gasteiger partial charge >= 0.3 is 0 Å². The van der Waals surface area contributed by atoms with Gasteiger partial charge in [0.25, 0.3) is 5.91 Å². The third kappa shape index (κ3) is 3.87. The summed E-state index contributed by atoms with van der Waals surface area (Å²) >= 11 is 0. The minimum atomic E-state index is -2.92. The Morgan fingerprint density at radius 2 is 2.10 bits per heavy atom. The van der Waals surface area contributed by atoms with Crippen LogP contribution in [0.2, 0.25) is 0 Å². The molecule has 7 heteroatoms. The fourth-order valence-electron chi connectivity index (χ4n) is 2.35. The molecule has 0 aromatic heterocycles. The fraction of sp³-hybridized carbons (Fsp3) is 0.500. The second kappa shape index (κ2) is 6.34. The van der Waals surface area contributed by atoms with Crippen molar-refractivity contribution in [3.8, 4) is 11.5 Å². The molecule has 116 valence electrons. The standard InChI is InChI=1S/C14H19NO5S/c1-19-11-3-4-12(13(7-11)20-2)14(16)15-8-10-5-6-21(17,18)9-10/h3-4,7,10H,5-6,8-9H2,1-2H3,(H,15,16)/t10-/m1/s1. The number of ether oxygens (including phenoxy) is 2. The van der Waals surface area contributed by atoms with Crippen molar-refractivity contribution in [3.63, 3.8) is 0 Å². The molecule has 1 atom stereocenters. The molecule has 0 unspecified atom stereocenters. The van der Waals surface area contributed by atoms with Gasteiger partial charge in [-0.05, 0) is 24.5 Å². The molecule has 0 saturated carbocycles. The molecule has 2 rings (SSSR count). The van der Waals surface area contributed by atoms with E-state index in [0.29, 0.717) is 30.0 Å². The van der Waals surface area contributed by atoms with E-state index in [9.17, 15) is 13.2 Å². The molecular weight excluding hydrogens is 294 g/mol. The molecule has 1 heterocycles. The number of carbonyl (C=O) groups excluding carboxylic acids is 1. The lowest BCUT2D eigenvalue weighted by atomic mass is 10.1. The molecule has 1 N–H and O–H groups in total. The third-order valence-corrected chi connectivity index (χ3v) is 5.37. The maximum absolute atomic E-state index is 12.2. The number of nitrogens with one attached hydrogen (secondary N) is 1. The molecule has 1 fully saturated rings. The van der Waals surface area contributed by atoms with Crippen LogP contribution in [0.3, 0.4) is 0 Å². The Kier molecular flexibility index (Phi) is 4.72. The summed E-state index contributed by atoms with van der Waals surface area (Å²) in [4.78, 5) is 12.2. The Morgan fingerprint density at radius 1 is 1.33 bits per heavy atom. The average Bonchev–Trinajstić information content (AvgIpc) is 2.83. The minimum Gasteiger partial charge on any atom is -0.497 e. The van der Waals surface area contributed by atoms with Crippen LogP contribution >= 0.6 is 0 Å². The van der Waals surface area contributed by atoms with Crippen molar-refractivity contribution in [1.82, 2.24) is 5.32 Å². The average molecular weight is 313 g/mol. The van der Waals surface area contributed by atoms with Crippen LogP contribution in [0.5, 0.6) is 11.5 Å². The van der Waals surface area contributed by atoms with E-state index < -0.39 is 9.84 Å². The monoisotopic (exact) mass is 313 g/mol. The topological polar surface area (TPSA) is 81.7 Å². The summed E-state index contributed by atoms with van der Waals surface area (Å²) in [5.74, 6) is 1.09. The highest BCUT2D eigenvalue weighted by Crippen LogP contribution is 2.24. The summed E-state index contributed by atoms with van der Waals surface area (Å²) in [6, 6.07) is 4.94. The maximum atomic E-state index is 12.2. The first-order chi connectivity index (χ1) is 9.95. The fourth-order valence-corrected chi connectivity index (χ4v) is 4.21. The summed E-state index contributed by atoms with van der Waals surface area (Å²) in [5, 5.41) is 2.77. The lowest BCUT2D eigenvalue weighted by Gasteiger charge is -2.12. The predicted molar refractivity (Wildman–Crippen MR) is 78.6 cm³/mol. The van der Waals surface area contributed by atoms with Crippen molar-refractivity contribution in [1.29, 1.82) is 0 Å². The molecule has 0 radical (unpaired) electrons. The van der Waals surface area contributed by atoms with Crippen LogP contribution in [0.15, 0.2) is 18.2 Å². The molecule has 21 heavy (non-hydrogen) atoms. The van der Waals surface area contributed by atoms with E-state index in [1.165, 1.54) is 14.2 Å². The summed E-state index contributed by atoms with van der Waals surface area (Å²) < 4.78 is 33.0. The van der Waals surface area contributed by atoms with E-state index in [1.54, 1.807) is 18.2 Å². The van der Waals surface area contributed by atoms with Crippen LogP contribution in [0.4, 0.5) is 0 Å². The highest BCUT2D eigenvalue weighted by molar-refractivity contribution is 7.91. The van der Waals surface area contributed by atoms with Crippen LogP contribution in [0, 0.1) is 5.92 Å². The Balaban J connectivity index is 2.00. The number of sulfone groups is 1. The number of hydrogen-bond donors (Lipinski definition) is 1. The van der Waals surface area contributed by atoms with Crippen molar-refractivity contribution in [2.75, 3.05) is 32.3 Å². The van der Waals surface area contributed by atoms with E-state index in [0.717, 1.165) is 0 Å². The van der Waals surface area contributed by atoms with Gasteiger partial charge in [0.15, 0.2) is 9.84 Å². The van der Waals surface area contributed by atoms with Crippen molar-refractivity contribution in [2.45, 2.75) is 6.42 Å². The van der Waals surface area contributed by atoms with Gasteiger partial charge in [0, 0.05) is 12.6 Å². The first kappa shape index (κ1) is 15.6. The van der Waals surface area contributed by atoms with Gasteiger partial charge in [-0.2, -0.15) is 0 Å². The molecule has 1 aliphatic rings. The quantitative estimate of drug-likeness (QED) is 0.872. The van der Waals surface area contributed by atoms with Crippen LogP contribution in [0.1, 0.15) is 16.8 Å². The van der Waals surface area contributed by atoms with Gasteiger partial charge in [0.2, 0.25) is 0 Å². The normalized spacial score (nSPS) is 20.0. The van der Waals surface area contributed by atoms with Gasteiger partial charge in [-0.3, -0.25) is 4.79 Å². The smallest absolute Gasteiger partial charge is 0.255 e. The molecule has 1 amide bonds. The Bertz CT molecular complexity index is 626. The number of rotatable bonds is 5. The van der Waals surface area contributed by atoms with Gasteiger partial charge in [-0.1, -0.05) is 0 Å². The summed E-state index contributed by atoms with van der Waals surface area (Å²) in [6.07, 6.45) is 0.600. The van der Waals surface area contributed by atoms with Gasteiger partial charge in [-0.15, -0.1) is 0 Å². The lowest BCUT2D eigenvalue weighted by Crippen LogP contribution is -2.30. The highest BCUT2D eigenvalue weighted by Gasteiger charge is 2.28. The van der Waals surface area contributed by atoms with Gasteiger partial charge in [0.1, 0.15) is 11.5 Å². The largest absolute Gasteiger partial charge is 0.497 e. The SMILES string of the molecule is COc1ccc(C(=O)NC[C@H]2CCS(=O)(=O)C2)c(OC)c1. The predicted octanol–water partition coefficient (Wildman–Crippen LogP) is 0.868. The zero-order valence-corrected chi connectivity index (χ0v) is 12.9. The minimum absolute atomic E-state index is 0.0109. The van der Waals surface area contributed by atoms with Crippen molar-refractivity contribution in [3.05, 3.63) is 23.8 Å². The molecule has 1 aromatic rings. The number of methoxy groups -OCH3 is 2. The zero-order chi connectivity index (χ0) is 15.5. The number of hydrogen-bond acceptors (Lipinski definition) is 5. The molecule has 6 nitrogen and oxygen atoms in total. The van der Waals surface area contributed by atoms with E-state index in [4.69, 9.17) is 9.47 Å². The second-order valence-corrected chi connectivity index (χ2v) is 7.27. The van der Waals surface area contributed by atoms with E-state index in [2.05, 4.69) is 5.32 Å². The van der Waals surface area contributed by atoms with E-state index in [-0.39, 0.29) is 23.3 Å². The van der Waals surface area contributed by atoms with E-state index >= 15 is 0 Å². The molecular formula is C14H19NO5S. The Hall–Kier alpha value is -1.76. The van der Waals surface area contributed by atoms with E-state index in [1.807, 2.05) is 0 Å². The molecule has 0 aliphatic carbocycles. The van der Waals surface area contributed by atoms with Crippen LogP contribution in [-0.4, -0.2) is 46.6 Å². The van der Waals surface area contributed by atoms with Gasteiger partial charge in [0.05, 0.1) is 31.3 Å². The van der Waals surface area contributed by atoms with Crippen LogP contribution in [-0.2, 0) is 9.84 Å². The second-order valence-electron chi connectivity index (χ2n) is 5.05. The zero-order valence-electron chi connectivity index (χ0n) is 12.1. The summed E-state index contributed by atoms with van der Waals surface area (Å²) in [6.45, 7) is 0.354. The van der Waals surface area contributed by atoms with Gasteiger partial charge < -0.3 is 14.8 Å². The van der Waals surface area contributed by atoms with Gasteiger partial charge in [-0.25, -0.2) is 8.42 Å². The number of amides is 1. The molecule has 1 saturated heterocycles. The maximum Gasteiger partial charge on any atom is 0.255 e.